The molecule has 13 nitrogen and oxygen atoms in total. The van der Waals surface area contributed by atoms with Crippen molar-refractivity contribution in [1.29, 1.82) is 0 Å². The van der Waals surface area contributed by atoms with Gasteiger partial charge in [0.2, 0.25) is 0 Å². The molecule has 0 spiro atoms. The first-order valence-electron chi connectivity index (χ1n) is 10.2. The molecule has 0 aromatic heterocycles. The molecule has 2 fully saturated rings. The number of nitro groups is 1. The third-order valence-corrected chi connectivity index (χ3v) is 7.12. The summed E-state index contributed by atoms with van der Waals surface area (Å²) in [5.74, 6) is 0.142. The lowest BCUT2D eigenvalue weighted by Crippen LogP contribution is -2.64. The standard InChI is InChI=1S/C19H26ClNO12S/c20-8-2-1-7(3-9(8)21(29)30)6-34-19-16(28)14(26)17(11(5-23)32-19)33-18-15(27)13(25)12(24)10(4-22)31-18/h1-3,10-19,22-28H,4-6H2/t10-,11-,12-,13+,14-,15-,16-,17-,18-,19+/m1/s1. The lowest BCUT2D eigenvalue weighted by molar-refractivity contribution is -0.384. The molecular formula is C19H26ClNO12S. The molecule has 10 atom stereocenters. The molecule has 2 aliphatic rings. The Bertz CT molecular complexity index is 847. The predicted molar refractivity (Wildman–Crippen MR) is 116 cm³/mol. The Kier molecular flexibility index (Phi) is 9.47. The summed E-state index contributed by atoms with van der Waals surface area (Å²) in [5.41, 5.74) is -0.839. The van der Waals surface area contributed by atoms with E-state index in [4.69, 9.17) is 25.8 Å². The largest absolute Gasteiger partial charge is 0.394 e. The Hall–Kier alpha value is -1.14. The average molecular weight is 528 g/mol. The van der Waals surface area contributed by atoms with Gasteiger partial charge in [-0.15, -0.1) is 11.8 Å². The molecule has 7 N–H and O–H groups in total. The molecule has 192 valence electrons. The van der Waals surface area contributed by atoms with Gasteiger partial charge in [-0.1, -0.05) is 17.7 Å². The number of nitro benzene ring substituents is 1. The van der Waals surface area contributed by atoms with Crippen LogP contribution < -0.4 is 0 Å². The highest BCUT2D eigenvalue weighted by Crippen LogP contribution is 2.35. The average Bonchev–Trinajstić information content (AvgIpc) is 2.82. The molecule has 0 unspecified atom stereocenters. The summed E-state index contributed by atoms with van der Waals surface area (Å²) in [6.45, 7) is -1.35. The number of aliphatic hydroxyl groups is 7. The lowest BCUT2D eigenvalue weighted by Gasteiger charge is -2.46. The maximum atomic E-state index is 11.1. The molecule has 0 bridgehead atoms. The van der Waals surface area contributed by atoms with Crippen LogP contribution in [0.1, 0.15) is 5.56 Å². The molecule has 2 aliphatic heterocycles. The molecule has 34 heavy (non-hydrogen) atoms. The van der Waals surface area contributed by atoms with Gasteiger partial charge in [0.1, 0.15) is 59.3 Å². The summed E-state index contributed by atoms with van der Waals surface area (Å²) < 4.78 is 16.4. The smallest absolute Gasteiger partial charge is 0.288 e. The lowest BCUT2D eigenvalue weighted by atomic mass is 9.97. The summed E-state index contributed by atoms with van der Waals surface area (Å²) in [6, 6.07) is 4.20. The van der Waals surface area contributed by atoms with E-state index in [2.05, 4.69) is 0 Å². The van der Waals surface area contributed by atoms with Crippen molar-refractivity contribution in [2.24, 2.45) is 0 Å². The van der Waals surface area contributed by atoms with E-state index in [-0.39, 0.29) is 16.5 Å². The number of benzene rings is 1. The van der Waals surface area contributed by atoms with Crippen molar-refractivity contribution in [1.82, 2.24) is 0 Å². The van der Waals surface area contributed by atoms with Crippen molar-refractivity contribution in [3.05, 3.63) is 38.9 Å². The first-order valence-corrected chi connectivity index (χ1v) is 11.6. The summed E-state index contributed by atoms with van der Waals surface area (Å²) in [6.07, 6.45) is -13.7. The molecule has 0 saturated carbocycles. The SMILES string of the molecule is O=[N+]([O-])c1cc(CS[C@@H]2O[C@H](CO)[C@@H](O[C@H]3O[C@H](CO)[C@@H](O)[C@H](O)[C@H]3O)[C@H](O)[C@H]2O)ccc1Cl. The van der Waals surface area contributed by atoms with Crippen LogP contribution in [0.4, 0.5) is 5.69 Å². The highest BCUT2D eigenvalue weighted by atomic mass is 35.5. The molecule has 2 saturated heterocycles. The van der Waals surface area contributed by atoms with Crippen LogP contribution in [0, 0.1) is 10.1 Å². The zero-order valence-corrected chi connectivity index (χ0v) is 19.1. The highest BCUT2D eigenvalue weighted by Gasteiger charge is 2.50. The van der Waals surface area contributed by atoms with Crippen LogP contribution in [0.2, 0.25) is 5.02 Å². The Morgan fingerprint density at radius 2 is 1.65 bits per heavy atom. The number of ether oxygens (including phenoxy) is 3. The minimum absolute atomic E-state index is 0.0309. The Balaban J connectivity index is 1.67. The molecule has 1 aromatic carbocycles. The van der Waals surface area contributed by atoms with Gasteiger partial charge in [-0.2, -0.15) is 0 Å². The van der Waals surface area contributed by atoms with E-state index >= 15 is 0 Å². The fourth-order valence-electron chi connectivity index (χ4n) is 3.66. The van der Waals surface area contributed by atoms with E-state index in [1.165, 1.54) is 12.1 Å². The molecule has 1 aromatic rings. The first kappa shape index (κ1) is 27.4. The zero-order chi connectivity index (χ0) is 25.2. The second-order valence-electron chi connectivity index (χ2n) is 7.86. The van der Waals surface area contributed by atoms with Gasteiger partial charge in [0.05, 0.1) is 18.1 Å². The second kappa shape index (κ2) is 11.7. The van der Waals surface area contributed by atoms with Gasteiger partial charge >= 0.3 is 0 Å². The molecule has 0 aliphatic carbocycles. The number of nitrogens with zero attached hydrogens (tertiary/aromatic N) is 1. The van der Waals surface area contributed by atoms with E-state index < -0.39 is 78.7 Å². The van der Waals surface area contributed by atoms with E-state index in [9.17, 15) is 45.9 Å². The van der Waals surface area contributed by atoms with E-state index in [0.29, 0.717) is 5.56 Å². The summed E-state index contributed by atoms with van der Waals surface area (Å²) >= 11 is 6.81. The number of hydrogen-bond donors (Lipinski definition) is 7. The number of aliphatic hydroxyl groups excluding tert-OH is 7. The minimum atomic E-state index is -1.76. The van der Waals surface area contributed by atoms with Crippen molar-refractivity contribution >= 4 is 29.1 Å². The van der Waals surface area contributed by atoms with Crippen molar-refractivity contribution in [3.8, 4) is 0 Å². The topological polar surface area (TPSA) is 212 Å². The van der Waals surface area contributed by atoms with Crippen LogP contribution in [0.25, 0.3) is 0 Å². The molecule has 15 heteroatoms. The Morgan fingerprint density at radius 1 is 0.971 bits per heavy atom. The summed E-state index contributed by atoms with van der Waals surface area (Å²) in [4.78, 5) is 10.4. The quantitative estimate of drug-likeness (QED) is 0.146. The number of rotatable bonds is 8. The fraction of sp³-hybridized carbons (Fsp3) is 0.684. The van der Waals surface area contributed by atoms with Gasteiger partial charge < -0.3 is 50.0 Å². The van der Waals surface area contributed by atoms with Crippen LogP contribution in [-0.4, -0.2) is 114 Å². The van der Waals surface area contributed by atoms with Crippen LogP contribution in [0.5, 0.6) is 0 Å². The third kappa shape index (κ3) is 5.80. The monoisotopic (exact) mass is 527 g/mol. The maximum absolute atomic E-state index is 11.1. The van der Waals surface area contributed by atoms with Crippen molar-refractivity contribution in [2.45, 2.75) is 66.3 Å². The van der Waals surface area contributed by atoms with Crippen molar-refractivity contribution in [3.63, 3.8) is 0 Å². The van der Waals surface area contributed by atoms with Crippen molar-refractivity contribution < 1.29 is 54.9 Å². The van der Waals surface area contributed by atoms with Crippen molar-refractivity contribution in [2.75, 3.05) is 13.2 Å². The molecule has 0 amide bonds. The summed E-state index contributed by atoms with van der Waals surface area (Å²) in [5, 5.41) is 81.2. The van der Waals surface area contributed by atoms with E-state index in [0.717, 1.165) is 11.8 Å². The Labute approximate surface area is 202 Å². The number of thioether (sulfide) groups is 1. The third-order valence-electron chi connectivity index (χ3n) is 5.58. The maximum Gasteiger partial charge on any atom is 0.288 e. The second-order valence-corrected chi connectivity index (χ2v) is 9.35. The number of halogens is 1. The normalized spacial score (nSPS) is 38.6. The van der Waals surface area contributed by atoms with Gasteiger partial charge in [0.25, 0.3) is 5.69 Å². The van der Waals surface area contributed by atoms with Gasteiger partial charge in [-0.05, 0) is 11.6 Å². The first-order chi connectivity index (χ1) is 16.1. The molecule has 0 radical (unpaired) electrons. The van der Waals surface area contributed by atoms with E-state index in [1.54, 1.807) is 6.07 Å². The highest BCUT2D eigenvalue weighted by molar-refractivity contribution is 7.99. The molecule has 3 rings (SSSR count). The van der Waals surface area contributed by atoms with Crippen LogP contribution in [0.3, 0.4) is 0 Å². The van der Waals surface area contributed by atoms with Gasteiger partial charge in [-0.3, -0.25) is 10.1 Å². The van der Waals surface area contributed by atoms with E-state index in [1.807, 2.05) is 0 Å². The predicted octanol–water partition coefficient (Wildman–Crippen LogP) is -1.89. The minimum Gasteiger partial charge on any atom is -0.394 e. The van der Waals surface area contributed by atoms with Crippen LogP contribution >= 0.6 is 23.4 Å². The van der Waals surface area contributed by atoms with Gasteiger partial charge in [0, 0.05) is 11.8 Å². The Morgan fingerprint density at radius 3 is 2.26 bits per heavy atom. The van der Waals surface area contributed by atoms with Crippen LogP contribution in [-0.2, 0) is 20.0 Å². The van der Waals surface area contributed by atoms with Gasteiger partial charge in [-0.25, -0.2) is 0 Å². The van der Waals surface area contributed by atoms with Crippen LogP contribution in [0.15, 0.2) is 18.2 Å². The zero-order valence-electron chi connectivity index (χ0n) is 17.5. The fourth-order valence-corrected chi connectivity index (χ4v) is 4.96. The molecular weight excluding hydrogens is 502 g/mol. The number of hydrogen-bond acceptors (Lipinski definition) is 13. The molecule has 2 heterocycles. The van der Waals surface area contributed by atoms with Gasteiger partial charge in [0.15, 0.2) is 6.29 Å². The summed E-state index contributed by atoms with van der Waals surface area (Å²) in [7, 11) is 0.